The molecule has 0 N–H and O–H groups in total. The van der Waals surface area contributed by atoms with Crippen molar-refractivity contribution in [1.29, 1.82) is 0 Å². The molecule has 9 rings (SSSR count). The highest BCUT2D eigenvalue weighted by Gasteiger charge is 2.18. The molecule has 0 aliphatic carbocycles. The van der Waals surface area contributed by atoms with Gasteiger partial charge in [0, 0.05) is 33.0 Å². The minimum atomic E-state index is 0.693. The van der Waals surface area contributed by atoms with Gasteiger partial charge in [-0.05, 0) is 41.0 Å². The monoisotopic (exact) mass is 601 g/mol. The highest BCUT2D eigenvalue weighted by molar-refractivity contribution is 6.14. The van der Waals surface area contributed by atoms with Gasteiger partial charge < -0.3 is 4.42 Å². The summed E-state index contributed by atoms with van der Waals surface area (Å²) in [5, 5.41) is 2.08. The van der Waals surface area contributed by atoms with Gasteiger partial charge in [-0.15, -0.1) is 0 Å². The Balaban J connectivity index is 1.16. The van der Waals surface area contributed by atoms with E-state index < -0.39 is 0 Å². The molecule has 0 saturated heterocycles. The van der Waals surface area contributed by atoms with Crippen molar-refractivity contribution in [2.75, 3.05) is 0 Å². The minimum absolute atomic E-state index is 0.693. The van der Waals surface area contributed by atoms with Gasteiger partial charge in [0.25, 0.3) is 0 Å². The molecule has 9 aromatic rings. The third-order valence-corrected chi connectivity index (χ3v) is 8.72. The standard InChI is InChI=1S/C43H27N3O/c1-3-11-28(12-4-1)29-19-21-30(22-20-29)37-27-38(46-43(45-37)33-13-5-2-6-14-33)31-23-25-32(26-24-31)40-34-15-7-9-17-36(34)44-41-35-16-8-10-18-39(35)47-42(40)41/h1-27H. The molecular formula is C43H27N3O. The van der Waals surface area contributed by atoms with Crippen LogP contribution in [0.2, 0.25) is 0 Å². The first-order valence-corrected chi connectivity index (χ1v) is 15.7. The fourth-order valence-electron chi connectivity index (χ4n) is 6.36. The number of para-hydroxylation sites is 2. The van der Waals surface area contributed by atoms with E-state index in [1.165, 1.54) is 11.1 Å². The fraction of sp³-hybridized carbons (Fsp3) is 0. The largest absolute Gasteiger partial charge is 0.454 e. The number of fused-ring (bicyclic) bond motifs is 4. The molecule has 0 atom stereocenters. The van der Waals surface area contributed by atoms with Gasteiger partial charge >= 0.3 is 0 Å². The lowest BCUT2D eigenvalue weighted by molar-refractivity contribution is 0.670. The average Bonchev–Trinajstić information content (AvgIpc) is 3.52. The number of pyridine rings is 1. The first-order valence-electron chi connectivity index (χ1n) is 15.7. The van der Waals surface area contributed by atoms with Crippen LogP contribution < -0.4 is 0 Å². The fourth-order valence-corrected chi connectivity index (χ4v) is 6.36. The Morgan fingerprint density at radius 2 is 0.894 bits per heavy atom. The predicted molar refractivity (Wildman–Crippen MR) is 192 cm³/mol. The van der Waals surface area contributed by atoms with Crippen LogP contribution in [0.25, 0.3) is 89.1 Å². The van der Waals surface area contributed by atoms with E-state index in [1.54, 1.807) is 0 Å². The number of nitrogens with zero attached hydrogens (tertiary/aromatic N) is 3. The maximum absolute atomic E-state index is 6.44. The third kappa shape index (κ3) is 4.84. The molecule has 0 bridgehead atoms. The van der Waals surface area contributed by atoms with E-state index in [2.05, 4.69) is 115 Å². The lowest BCUT2D eigenvalue weighted by atomic mass is 9.97. The van der Waals surface area contributed by atoms with Crippen molar-refractivity contribution >= 4 is 33.0 Å². The molecule has 4 nitrogen and oxygen atoms in total. The number of rotatable bonds is 5. The van der Waals surface area contributed by atoms with Crippen LogP contribution in [0, 0.1) is 0 Å². The van der Waals surface area contributed by atoms with E-state index in [4.69, 9.17) is 19.4 Å². The van der Waals surface area contributed by atoms with Crippen LogP contribution in [0.5, 0.6) is 0 Å². The topological polar surface area (TPSA) is 51.8 Å². The molecule has 6 aromatic carbocycles. The molecule has 0 saturated carbocycles. The van der Waals surface area contributed by atoms with Crippen LogP contribution in [0.15, 0.2) is 168 Å². The van der Waals surface area contributed by atoms with Crippen molar-refractivity contribution in [2.24, 2.45) is 0 Å². The Morgan fingerprint density at radius 1 is 0.383 bits per heavy atom. The molecule has 0 unspecified atom stereocenters. The Kier molecular flexibility index (Phi) is 6.43. The molecule has 0 aliphatic heterocycles. The Morgan fingerprint density at radius 3 is 1.57 bits per heavy atom. The summed E-state index contributed by atoms with van der Waals surface area (Å²) in [5.74, 6) is 0.693. The van der Waals surface area contributed by atoms with Crippen LogP contribution in [0.4, 0.5) is 0 Å². The summed E-state index contributed by atoms with van der Waals surface area (Å²) in [6.07, 6.45) is 0. The predicted octanol–water partition coefficient (Wildman–Crippen LogP) is 11.3. The lowest BCUT2D eigenvalue weighted by Crippen LogP contribution is -1.96. The van der Waals surface area contributed by atoms with Crippen molar-refractivity contribution in [2.45, 2.75) is 0 Å². The number of hydrogen-bond acceptors (Lipinski definition) is 4. The van der Waals surface area contributed by atoms with E-state index in [-0.39, 0.29) is 0 Å². The first-order chi connectivity index (χ1) is 23.3. The molecule has 220 valence electrons. The SMILES string of the molecule is c1ccc(-c2ccc(-c3cc(-c4ccc(-c5c6ccccc6nc6c5oc5ccccc56)cc4)nc(-c4ccccc4)n3)cc2)cc1. The summed E-state index contributed by atoms with van der Waals surface area (Å²) >= 11 is 0. The van der Waals surface area contributed by atoms with Gasteiger partial charge in [-0.1, -0.05) is 140 Å². The molecule has 47 heavy (non-hydrogen) atoms. The van der Waals surface area contributed by atoms with Gasteiger partial charge in [0.05, 0.1) is 16.9 Å². The smallest absolute Gasteiger partial charge is 0.162 e. The zero-order chi connectivity index (χ0) is 31.2. The molecular weight excluding hydrogens is 574 g/mol. The van der Waals surface area contributed by atoms with Crippen molar-refractivity contribution < 1.29 is 4.42 Å². The number of hydrogen-bond donors (Lipinski definition) is 0. The molecule has 0 fully saturated rings. The number of benzene rings is 6. The zero-order valence-electron chi connectivity index (χ0n) is 25.3. The van der Waals surface area contributed by atoms with Crippen LogP contribution in [0.3, 0.4) is 0 Å². The van der Waals surface area contributed by atoms with Crippen molar-refractivity contribution in [3.63, 3.8) is 0 Å². The average molecular weight is 602 g/mol. The Hall–Kier alpha value is -6.39. The normalized spacial score (nSPS) is 11.4. The first kappa shape index (κ1) is 27.0. The van der Waals surface area contributed by atoms with Gasteiger partial charge in [0.1, 0.15) is 11.1 Å². The molecule has 0 amide bonds. The molecule has 4 heteroatoms. The van der Waals surface area contributed by atoms with Crippen molar-refractivity contribution in [3.8, 4) is 56.2 Å². The summed E-state index contributed by atoms with van der Waals surface area (Å²) in [6, 6.07) is 56.2. The molecule has 0 spiro atoms. The lowest BCUT2D eigenvalue weighted by Gasteiger charge is -2.11. The quantitative estimate of drug-likeness (QED) is 0.197. The highest BCUT2D eigenvalue weighted by Crippen LogP contribution is 2.40. The molecule has 3 aromatic heterocycles. The Bertz CT molecular complexity index is 2540. The summed E-state index contributed by atoms with van der Waals surface area (Å²) in [7, 11) is 0. The van der Waals surface area contributed by atoms with E-state index >= 15 is 0 Å². The van der Waals surface area contributed by atoms with E-state index in [0.717, 1.165) is 72.2 Å². The third-order valence-electron chi connectivity index (χ3n) is 8.72. The van der Waals surface area contributed by atoms with Gasteiger partial charge in [-0.3, -0.25) is 0 Å². The highest BCUT2D eigenvalue weighted by atomic mass is 16.3. The van der Waals surface area contributed by atoms with Gasteiger partial charge in [0.15, 0.2) is 11.4 Å². The molecule has 0 radical (unpaired) electrons. The van der Waals surface area contributed by atoms with Crippen LogP contribution in [-0.4, -0.2) is 15.0 Å². The summed E-state index contributed by atoms with van der Waals surface area (Å²) in [6.45, 7) is 0. The van der Waals surface area contributed by atoms with Gasteiger partial charge in [-0.25, -0.2) is 15.0 Å². The summed E-state index contributed by atoms with van der Waals surface area (Å²) in [4.78, 5) is 15.1. The zero-order valence-corrected chi connectivity index (χ0v) is 25.3. The van der Waals surface area contributed by atoms with Crippen LogP contribution >= 0.6 is 0 Å². The van der Waals surface area contributed by atoms with Crippen molar-refractivity contribution in [3.05, 3.63) is 164 Å². The Labute approximate surface area is 271 Å². The summed E-state index contributed by atoms with van der Waals surface area (Å²) < 4.78 is 6.44. The maximum atomic E-state index is 6.44. The maximum Gasteiger partial charge on any atom is 0.162 e. The number of aromatic nitrogens is 3. The second-order valence-corrected chi connectivity index (χ2v) is 11.6. The van der Waals surface area contributed by atoms with E-state index in [0.29, 0.717) is 5.82 Å². The second-order valence-electron chi connectivity index (χ2n) is 11.6. The van der Waals surface area contributed by atoms with Crippen molar-refractivity contribution in [1.82, 2.24) is 15.0 Å². The van der Waals surface area contributed by atoms with Gasteiger partial charge in [0.2, 0.25) is 0 Å². The van der Waals surface area contributed by atoms with Crippen LogP contribution in [-0.2, 0) is 0 Å². The van der Waals surface area contributed by atoms with E-state index in [9.17, 15) is 0 Å². The van der Waals surface area contributed by atoms with E-state index in [1.807, 2.05) is 48.5 Å². The molecule has 3 heterocycles. The van der Waals surface area contributed by atoms with Crippen LogP contribution in [0.1, 0.15) is 0 Å². The molecule has 0 aliphatic rings. The number of furan rings is 1. The second kappa shape index (κ2) is 11.2. The van der Waals surface area contributed by atoms with Gasteiger partial charge in [-0.2, -0.15) is 0 Å². The minimum Gasteiger partial charge on any atom is -0.454 e. The summed E-state index contributed by atoms with van der Waals surface area (Å²) in [5.41, 5.74) is 12.7.